The SMILES string of the molecule is CCOC(=O)\C(C)=C/C=C/C(C)=C/C=C/C(C)=C/C[P+](c1ccccc1)(c1ccccc1)c1ccccc1. The molecule has 0 saturated carbocycles. The number of rotatable bonds is 11. The van der Waals surface area contributed by atoms with Gasteiger partial charge in [0, 0.05) is 5.57 Å². The van der Waals surface area contributed by atoms with E-state index < -0.39 is 7.26 Å². The Kier molecular flexibility index (Phi) is 11.3. The lowest BCUT2D eigenvalue weighted by Crippen LogP contribution is -2.33. The molecule has 0 saturated heterocycles. The van der Waals surface area contributed by atoms with Gasteiger partial charge in [0.25, 0.3) is 0 Å². The molecule has 0 aliphatic carbocycles. The number of hydrogen-bond donors (Lipinski definition) is 0. The molecule has 0 atom stereocenters. The highest BCUT2D eigenvalue weighted by Crippen LogP contribution is 2.55. The number of carbonyl (C=O) groups is 1. The predicted octanol–water partition coefficient (Wildman–Crippen LogP) is 7.49. The third-order valence-electron chi connectivity index (χ3n) is 6.30. The van der Waals surface area contributed by atoms with E-state index in [1.807, 2.05) is 26.0 Å². The van der Waals surface area contributed by atoms with Crippen molar-refractivity contribution >= 4 is 29.1 Å². The number of allylic oxidation sites excluding steroid dienone is 9. The second-order valence-corrected chi connectivity index (χ2v) is 12.7. The Hall–Kier alpha value is -3.74. The summed E-state index contributed by atoms with van der Waals surface area (Å²) in [6.45, 7) is 8.16. The van der Waals surface area contributed by atoms with Gasteiger partial charge in [0.05, 0.1) is 12.8 Å². The topological polar surface area (TPSA) is 26.3 Å². The van der Waals surface area contributed by atoms with E-state index in [1.165, 1.54) is 21.5 Å². The first-order valence-corrected chi connectivity index (χ1v) is 15.0. The highest BCUT2D eigenvalue weighted by atomic mass is 31.2. The number of esters is 1. The molecule has 194 valence electrons. The van der Waals surface area contributed by atoms with Crippen molar-refractivity contribution in [3.05, 3.63) is 150 Å². The summed E-state index contributed by atoms with van der Waals surface area (Å²) in [5.74, 6) is -0.278. The van der Waals surface area contributed by atoms with E-state index in [1.54, 1.807) is 13.0 Å². The van der Waals surface area contributed by atoms with Crippen molar-refractivity contribution in [3.8, 4) is 0 Å². The van der Waals surface area contributed by atoms with Crippen LogP contribution in [0.15, 0.2) is 150 Å². The number of benzene rings is 3. The molecular formula is C35H38O2P+. The first kappa shape index (κ1) is 28.8. The molecule has 38 heavy (non-hydrogen) atoms. The molecule has 3 aromatic rings. The summed E-state index contributed by atoms with van der Waals surface area (Å²) in [7, 11) is -1.88. The summed E-state index contributed by atoms with van der Waals surface area (Å²) in [6, 6.07) is 32.9. The summed E-state index contributed by atoms with van der Waals surface area (Å²) < 4.78 is 5.01. The van der Waals surface area contributed by atoms with E-state index in [-0.39, 0.29) is 5.97 Å². The Bertz CT molecular complexity index is 1220. The van der Waals surface area contributed by atoms with Gasteiger partial charge in [0.2, 0.25) is 0 Å². The van der Waals surface area contributed by atoms with Gasteiger partial charge >= 0.3 is 5.97 Å². The fourth-order valence-corrected chi connectivity index (χ4v) is 8.36. The Balaban J connectivity index is 1.86. The molecule has 3 rings (SSSR count). The molecule has 0 N–H and O–H groups in total. The van der Waals surface area contributed by atoms with Crippen molar-refractivity contribution in [2.75, 3.05) is 12.8 Å². The van der Waals surface area contributed by atoms with Crippen LogP contribution in [0.5, 0.6) is 0 Å². The van der Waals surface area contributed by atoms with Crippen LogP contribution in [0.4, 0.5) is 0 Å². The van der Waals surface area contributed by atoms with Crippen LogP contribution in [0.3, 0.4) is 0 Å². The van der Waals surface area contributed by atoms with Gasteiger partial charge in [-0.2, -0.15) is 0 Å². The Morgan fingerprint density at radius 1 is 0.684 bits per heavy atom. The average Bonchev–Trinajstić information content (AvgIpc) is 2.95. The third-order valence-corrected chi connectivity index (χ3v) is 10.6. The zero-order valence-corrected chi connectivity index (χ0v) is 23.8. The minimum Gasteiger partial charge on any atom is -0.463 e. The Labute approximate surface area is 229 Å². The number of hydrogen-bond acceptors (Lipinski definition) is 2. The fourth-order valence-electron chi connectivity index (χ4n) is 4.22. The van der Waals surface area contributed by atoms with Gasteiger partial charge in [-0.25, -0.2) is 4.79 Å². The van der Waals surface area contributed by atoms with Crippen molar-refractivity contribution in [1.82, 2.24) is 0 Å². The summed E-state index contributed by atoms with van der Waals surface area (Å²) in [5.41, 5.74) is 2.91. The van der Waals surface area contributed by atoms with E-state index in [4.69, 9.17) is 4.74 Å². The third kappa shape index (κ3) is 7.88. The molecule has 2 nitrogen and oxygen atoms in total. The largest absolute Gasteiger partial charge is 0.463 e. The van der Waals surface area contributed by atoms with Gasteiger partial charge in [-0.05, 0) is 70.2 Å². The van der Waals surface area contributed by atoms with Crippen LogP contribution in [0, 0.1) is 0 Å². The van der Waals surface area contributed by atoms with Crippen LogP contribution in [-0.4, -0.2) is 18.7 Å². The molecule has 0 aromatic heterocycles. The molecule has 0 radical (unpaired) electrons. The van der Waals surface area contributed by atoms with Crippen molar-refractivity contribution < 1.29 is 9.53 Å². The first-order valence-electron chi connectivity index (χ1n) is 13.1. The van der Waals surface area contributed by atoms with Crippen LogP contribution in [-0.2, 0) is 9.53 Å². The maximum absolute atomic E-state index is 11.7. The van der Waals surface area contributed by atoms with E-state index in [2.05, 4.69) is 122 Å². The van der Waals surface area contributed by atoms with E-state index in [0.717, 1.165) is 11.7 Å². The van der Waals surface area contributed by atoms with Gasteiger partial charge in [0.1, 0.15) is 23.2 Å². The van der Waals surface area contributed by atoms with E-state index >= 15 is 0 Å². The minimum absolute atomic E-state index is 0.278. The zero-order valence-electron chi connectivity index (χ0n) is 22.9. The predicted molar refractivity (Wildman–Crippen MR) is 166 cm³/mol. The molecule has 0 aliphatic heterocycles. The van der Waals surface area contributed by atoms with Gasteiger partial charge in [-0.15, -0.1) is 0 Å². The van der Waals surface area contributed by atoms with Gasteiger partial charge in [-0.3, -0.25) is 0 Å². The standard InChI is InChI=1S/C35H38O2P/c1-5-37-35(36)31(4)20-16-19-29(2)17-15-18-30(3)27-28-38(32-21-9-6-10-22-32,33-23-11-7-12-24-33)34-25-13-8-14-26-34/h6-27H,5,28H2,1-4H3/q+1/b18-15+,19-16+,29-17+,30-27+,31-20-. The molecular weight excluding hydrogens is 483 g/mol. The Morgan fingerprint density at radius 3 is 1.61 bits per heavy atom. The number of ether oxygens (including phenoxy) is 1. The van der Waals surface area contributed by atoms with Crippen molar-refractivity contribution in [2.24, 2.45) is 0 Å². The van der Waals surface area contributed by atoms with Crippen molar-refractivity contribution in [2.45, 2.75) is 27.7 Å². The molecule has 3 aromatic carbocycles. The molecule has 0 aliphatic rings. The van der Waals surface area contributed by atoms with Crippen molar-refractivity contribution in [3.63, 3.8) is 0 Å². The smallest absolute Gasteiger partial charge is 0.333 e. The monoisotopic (exact) mass is 521 g/mol. The molecule has 0 unspecified atom stereocenters. The molecule has 3 heteroatoms. The van der Waals surface area contributed by atoms with Crippen molar-refractivity contribution in [1.29, 1.82) is 0 Å². The lowest BCUT2D eigenvalue weighted by atomic mass is 10.2. The molecule has 0 spiro atoms. The minimum atomic E-state index is -1.88. The quantitative estimate of drug-likeness (QED) is 0.113. The second-order valence-electron chi connectivity index (χ2n) is 9.15. The van der Waals surface area contributed by atoms with Crippen LogP contribution in [0.2, 0.25) is 0 Å². The molecule has 0 fully saturated rings. The molecule has 0 heterocycles. The average molecular weight is 522 g/mol. The normalized spacial score (nSPS) is 13.3. The second kappa shape index (κ2) is 14.9. The van der Waals surface area contributed by atoms with Crippen LogP contribution >= 0.6 is 7.26 Å². The van der Waals surface area contributed by atoms with E-state index in [0.29, 0.717) is 12.2 Å². The summed E-state index contributed by atoms with van der Waals surface area (Å²) in [4.78, 5) is 11.7. The van der Waals surface area contributed by atoms with Gasteiger partial charge in [-0.1, -0.05) is 102 Å². The summed E-state index contributed by atoms with van der Waals surface area (Å²) in [6.07, 6.45) is 15.3. The highest BCUT2D eigenvalue weighted by Gasteiger charge is 2.44. The summed E-state index contributed by atoms with van der Waals surface area (Å²) in [5, 5.41) is 4.16. The first-order chi connectivity index (χ1) is 18.5. The molecule has 0 amide bonds. The fraction of sp³-hybridized carbons (Fsp3) is 0.171. The van der Waals surface area contributed by atoms with Gasteiger partial charge in [0.15, 0.2) is 0 Å². The lowest BCUT2D eigenvalue weighted by molar-refractivity contribution is -0.138. The maximum Gasteiger partial charge on any atom is 0.333 e. The highest BCUT2D eigenvalue weighted by molar-refractivity contribution is 7.95. The Morgan fingerprint density at radius 2 is 1.13 bits per heavy atom. The van der Waals surface area contributed by atoms with E-state index in [9.17, 15) is 4.79 Å². The zero-order chi connectivity index (χ0) is 27.2. The number of carbonyl (C=O) groups excluding carboxylic acids is 1. The lowest BCUT2D eigenvalue weighted by Gasteiger charge is -2.26. The molecule has 0 bridgehead atoms. The van der Waals surface area contributed by atoms with Crippen LogP contribution in [0.1, 0.15) is 27.7 Å². The maximum atomic E-state index is 11.7. The van der Waals surface area contributed by atoms with Gasteiger partial charge < -0.3 is 4.74 Å². The summed E-state index contributed by atoms with van der Waals surface area (Å²) >= 11 is 0. The van der Waals surface area contributed by atoms with Crippen LogP contribution < -0.4 is 15.9 Å². The van der Waals surface area contributed by atoms with Crippen LogP contribution in [0.25, 0.3) is 0 Å².